The van der Waals surface area contributed by atoms with Crippen molar-refractivity contribution in [2.75, 3.05) is 13.1 Å². The molecule has 126 valence electrons. The molecule has 0 N–H and O–H groups in total. The van der Waals surface area contributed by atoms with Gasteiger partial charge in [0.1, 0.15) is 17.5 Å². The molecule has 0 aliphatic carbocycles. The molecule has 1 amide bonds. The van der Waals surface area contributed by atoms with Crippen molar-refractivity contribution >= 4 is 22.9 Å². The number of carbonyl (C=O) groups is 2. The predicted molar refractivity (Wildman–Crippen MR) is 88.1 cm³/mol. The number of benzene rings is 1. The average Bonchev–Trinajstić information content (AvgIpc) is 2.46. The van der Waals surface area contributed by atoms with Gasteiger partial charge in [0.2, 0.25) is 0 Å². The zero-order valence-electron chi connectivity index (χ0n) is 13.7. The van der Waals surface area contributed by atoms with Crippen LogP contribution in [0.25, 0.3) is 0 Å². The van der Waals surface area contributed by atoms with Crippen LogP contribution in [0.2, 0.25) is 0 Å². The Kier molecular flexibility index (Phi) is 5.52. The van der Waals surface area contributed by atoms with Crippen molar-refractivity contribution in [3.05, 3.63) is 29.8 Å². The van der Waals surface area contributed by atoms with Gasteiger partial charge < -0.3 is 14.4 Å². The summed E-state index contributed by atoms with van der Waals surface area (Å²) in [5.74, 6) is 0.618. The van der Waals surface area contributed by atoms with Gasteiger partial charge in [-0.2, -0.15) is 0 Å². The first-order valence-electron chi connectivity index (χ1n) is 7.69. The second-order valence-corrected chi connectivity index (χ2v) is 6.93. The van der Waals surface area contributed by atoms with Gasteiger partial charge in [-0.05, 0) is 50.6 Å². The second kappa shape index (κ2) is 7.21. The van der Waals surface area contributed by atoms with E-state index in [4.69, 9.17) is 21.1 Å². The molecule has 0 unspecified atom stereocenters. The van der Waals surface area contributed by atoms with E-state index in [0.29, 0.717) is 24.4 Å². The van der Waals surface area contributed by atoms with Gasteiger partial charge in [-0.1, -0.05) is 6.07 Å². The molecule has 0 atom stereocenters. The molecule has 1 heterocycles. The predicted octanol–water partition coefficient (Wildman–Crippen LogP) is 3.84. The molecule has 0 saturated carbocycles. The Bertz CT molecular complexity index is 574. The van der Waals surface area contributed by atoms with Gasteiger partial charge in [0.25, 0.3) is 5.24 Å². The number of piperidine rings is 1. The highest BCUT2D eigenvalue weighted by atomic mass is 35.5. The number of hydrogen-bond acceptors (Lipinski definition) is 4. The molecule has 2 rings (SSSR count). The van der Waals surface area contributed by atoms with Crippen LogP contribution in [-0.4, -0.2) is 41.0 Å². The fraction of sp³-hybridized carbons (Fsp3) is 0.529. The number of ether oxygens (including phenoxy) is 2. The van der Waals surface area contributed by atoms with E-state index in [9.17, 15) is 9.59 Å². The second-order valence-electron chi connectivity index (χ2n) is 6.59. The van der Waals surface area contributed by atoms with Crippen LogP contribution in [0.4, 0.5) is 4.79 Å². The van der Waals surface area contributed by atoms with Crippen molar-refractivity contribution in [2.24, 2.45) is 0 Å². The van der Waals surface area contributed by atoms with Gasteiger partial charge in [-0.25, -0.2) is 4.79 Å². The van der Waals surface area contributed by atoms with E-state index in [1.54, 1.807) is 29.2 Å². The maximum atomic E-state index is 12.0. The summed E-state index contributed by atoms with van der Waals surface area (Å²) in [7, 11) is 0. The largest absolute Gasteiger partial charge is 0.490 e. The standard InChI is InChI=1S/C17H22ClNO4/c1-17(2,3)23-16(21)19-9-7-13(8-10-19)22-14-6-4-5-12(11-14)15(18)20/h4-6,11,13H,7-10H2,1-3H3. The zero-order valence-corrected chi connectivity index (χ0v) is 14.4. The summed E-state index contributed by atoms with van der Waals surface area (Å²) in [6.07, 6.45) is 1.16. The first-order chi connectivity index (χ1) is 10.7. The average molecular weight is 340 g/mol. The first-order valence-corrected chi connectivity index (χ1v) is 8.07. The van der Waals surface area contributed by atoms with Crippen LogP contribution in [0.1, 0.15) is 44.0 Å². The minimum absolute atomic E-state index is 0.00867. The summed E-state index contributed by atoms with van der Waals surface area (Å²) >= 11 is 5.47. The van der Waals surface area contributed by atoms with E-state index in [1.165, 1.54) is 0 Å². The number of rotatable bonds is 3. The van der Waals surface area contributed by atoms with E-state index >= 15 is 0 Å². The molecule has 1 aliphatic rings. The number of likely N-dealkylation sites (tertiary alicyclic amines) is 1. The fourth-order valence-electron chi connectivity index (χ4n) is 2.37. The summed E-state index contributed by atoms with van der Waals surface area (Å²) in [5, 5.41) is -0.504. The topological polar surface area (TPSA) is 55.8 Å². The molecule has 1 aromatic carbocycles. The SMILES string of the molecule is CC(C)(C)OC(=O)N1CCC(Oc2cccc(C(=O)Cl)c2)CC1. The lowest BCUT2D eigenvalue weighted by Gasteiger charge is -2.33. The third-order valence-electron chi connectivity index (χ3n) is 3.46. The molecule has 23 heavy (non-hydrogen) atoms. The van der Waals surface area contributed by atoms with Crippen molar-refractivity contribution in [1.82, 2.24) is 4.90 Å². The lowest BCUT2D eigenvalue weighted by molar-refractivity contribution is 0.0126. The number of halogens is 1. The van der Waals surface area contributed by atoms with Gasteiger partial charge in [0, 0.05) is 31.5 Å². The molecule has 5 nitrogen and oxygen atoms in total. The molecule has 6 heteroatoms. The van der Waals surface area contributed by atoms with Gasteiger partial charge >= 0.3 is 6.09 Å². The number of nitrogens with zero attached hydrogens (tertiary/aromatic N) is 1. The maximum Gasteiger partial charge on any atom is 0.410 e. The maximum absolute atomic E-state index is 12.0. The Morgan fingerprint density at radius 2 is 1.87 bits per heavy atom. The van der Waals surface area contributed by atoms with Crippen LogP contribution in [0.15, 0.2) is 24.3 Å². The third kappa shape index (κ3) is 5.43. The molecule has 1 fully saturated rings. The van der Waals surface area contributed by atoms with Gasteiger partial charge in [-0.15, -0.1) is 0 Å². The summed E-state index contributed by atoms with van der Waals surface area (Å²) < 4.78 is 11.3. The van der Waals surface area contributed by atoms with Crippen LogP contribution in [0, 0.1) is 0 Å². The van der Waals surface area contributed by atoms with E-state index in [1.807, 2.05) is 20.8 Å². The fourth-order valence-corrected chi connectivity index (χ4v) is 2.48. The van der Waals surface area contributed by atoms with E-state index in [0.717, 1.165) is 12.8 Å². The van der Waals surface area contributed by atoms with Crippen LogP contribution < -0.4 is 4.74 Å². The first kappa shape index (κ1) is 17.6. The highest BCUT2D eigenvalue weighted by Crippen LogP contribution is 2.22. The molecule has 0 aromatic heterocycles. The van der Waals surface area contributed by atoms with Gasteiger partial charge in [0.15, 0.2) is 0 Å². The highest BCUT2D eigenvalue weighted by molar-refractivity contribution is 6.67. The van der Waals surface area contributed by atoms with Crippen LogP contribution >= 0.6 is 11.6 Å². The lowest BCUT2D eigenvalue weighted by atomic mass is 10.1. The molecule has 1 saturated heterocycles. The summed E-state index contributed by atoms with van der Waals surface area (Å²) in [6.45, 7) is 6.74. The smallest absolute Gasteiger partial charge is 0.410 e. The van der Waals surface area contributed by atoms with Crippen LogP contribution in [-0.2, 0) is 4.74 Å². The summed E-state index contributed by atoms with van der Waals surface area (Å²) in [6, 6.07) is 6.81. The minimum atomic E-state index is -0.504. The molecule has 1 aliphatic heterocycles. The van der Waals surface area contributed by atoms with Crippen molar-refractivity contribution in [3.8, 4) is 5.75 Å². The summed E-state index contributed by atoms with van der Waals surface area (Å²) in [4.78, 5) is 24.9. The molecule has 0 spiro atoms. The molecule has 1 aromatic rings. The summed E-state index contributed by atoms with van der Waals surface area (Å²) in [5.41, 5.74) is -0.0748. The highest BCUT2D eigenvalue weighted by Gasteiger charge is 2.27. The van der Waals surface area contributed by atoms with Crippen molar-refractivity contribution in [1.29, 1.82) is 0 Å². The molecular weight excluding hydrogens is 318 g/mol. The normalized spacial score (nSPS) is 16.1. The van der Waals surface area contributed by atoms with E-state index in [2.05, 4.69) is 0 Å². The minimum Gasteiger partial charge on any atom is -0.490 e. The molecular formula is C17H22ClNO4. The Morgan fingerprint density at radius 3 is 2.43 bits per heavy atom. The zero-order chi connectivity index (χ0) is 17.0. The van der Waals surface area contributed by atoms with Crippen LogP contribution in [0.5, 0.6) is 5.75 Å². The third-order valence-corrected chi connectivity index (χ3v) is 3.68. The molecule has 0 bridgehead atoms. The Balaban J connectivity index is 1.86. The van der Waals surface area contributed by atoms with Crippen molar-refractivity contribution in [2.45, 2.75) is 45.3 Å². The Morgan fingerprint density at radius 1 is 1.22 bits per heavy atom. The Labute approximate surface area is 141 Å². The van der Waals surface area contributed by atoms with Gasteiger partial charge in [-0.3, -0.25) is 4.79 Å². The lowest BCUT2D eigenvalue weighted by Crippen LogP contribution is -2.44. The number of carbonyl (C=O) groups excluding carboxylic acids is 2. The molecule has 0 radical (unpaired) electrons. The van der Waals surface area contributed by atoms with E-state index in [-0.39, 0.29) is 12.2 Å². The quantitative estimate of drug-likeness (QED) is 0.785. The number of amides is 1. The monoisotopic (exact) mass is 339 g/mol. The van der Waals surface area contributed by atoms with Crippen molar-refractivity contribution < 1.29 is 19.1 Å². The Hall–Kier alpha value is -1.75. The number of hydrogen-bond donors (Lipinski definition) is 0. The van der Waals surface area contributed by atoms with Gasteiger partial charge in [0.05, 0.1) is 0 Å². The van der Waals surface area contributed by atoms with E-state index < -0.39 is 10.8 Å². The van der Waals surface area contributed by atoms with Crippen LogP contribution in [0.3, 0.4) is 0 Å². The van der Waals surface area contributed by atoms with Crippen molar-refractivity contribution in [3.63, 3.8) is 0 Å².